The van der Waals surface area contributed by atoms with Crippen molar-refractivity contribution in [1.29, 1.82) is 0 Å². The predicted octanol–water partition coefficient (Wildman–Crippen LogP) is 4.31. The number of thiocarbonyl (C=S) groups is 1. The van der Waals surface area contributed by atoms with Crippen molar-refractivity contribution in [3.63, 3.8) is 0 Å². The average Bonchev–Trinajstić information content (AvgIpc) is 2.67. The van der Waals surface area contributed by atoms with Crippen molar-refractivity contribution in [2.75, 3.05) is 18.4 Å². The Morgan fingerprint density at radius 1 is 1.17 bits per heavy atom. The van der Waals surface area contributed by atoms with Crippen LogP contribution in [0.15, 0.2) is 36.4 Å². The first-order valence-corrected chi connectivity index (χ1v) is 10.0. The summed E-state index contributed by atoms with van der Waals surface area (Å²) in [5.41, 5.74) is 1.16. The maximum atomic E-state index is 12.8. The quantitative estimate of drug-likeness (QED) is 0.703. The summed E-state index contributed by atoms with van der Waals surface area (Å²) in [6, 6.07) is 8.23. The normalized spacial score (nSPS) is 15.0. The van der Waals surface area contributed by atoms with Crippen LogP contribution in [0, 0.1) is 13.8 Å². The smallest absolute Gasteiger partial charge is 0.349 e. The van der Waals surface area contributed by atoms with Crippen molar-refractivity contribution >= 4 is 29.1 Å². The molecule has 1 aromatic carbocycles. The summed E-state index contributed by atoms with van der Waals surface area (Å²) < 4.78 is 38.5. The molecule has 30 heavy (non-hydrogen) atoms. The first-order chi connectivity index (χ1) is 14.1. The van der Waals surface area contributed by atoms with Crippen LogP contribution in [0.3, 0.4) is 0 Å². The minimum Gasteiger partial charge on any atom is -0.349 e. The fourth-order valence-corrected chi connectivity index (χ4v) is 3.71. The highest BCUT2D eigenvalue weighted by Gasteiger charge is 2.31. The number of hydrogen-bond acceptors (Lipinski definition) is 3. The number of nitrogens with one attached hydrogen (secondary N) is 2. The number of alkyl halides is 3. The molecule has 0 atom stereocenters. The Labute approximate surface area is 178 Å². The molecule has 160 valence electrons. The van der Waals surface area contributed by atoms with Crippen LogP contribution < -0.4 is 10.6 Å². The highest BCUT2D eigenvalue weighted by atomic mass is 32.1. The topological polar surface area (TPSA) is 57.3 Å². The van der Waals surface area contributed by atoms with Gasteiger partial charge in [0, 0.05) is 30.4 Å². The lowest BCUT2D eigenvalue weighted by Crippen LogP contribution is -2.47. The lowest BCUT2D eigenvalue weighted by molar-refractivity contribution is -0.137. The molecule has 0 unspecified atom stereocenters. The summed E-state index contributed by atoms with van der Waals surface area (Å²) in [6.07, 6.45) is -3.19. The van der Waals surface area contributed by atoms with E-state index in [-0.39, 0.29) is 11.6 Å². The number of piperidine rings is 1. The number of rotatable bonds is 3. The molecular formula is C21H23F3N4OS. The van der Waals surface area contributed by atoms with E-state index in [1.807, 2.05) is 30.9 Å². The standard InChI is InChI=1S/C21H23F3N4OS/c1-13-10-14(2)25-18(11-13)27-20(30)28-8-6-17(7-9-28)26-19(29)15-4-3-5-16(12-15)21(22,23)24/h3-5,10-12,17H,6-9H2,1-2H3,(H,26,29)(H,25,27,30). The summed E-state index contributed by atoms with van der Waals surface area (Å²) in [7, 11) is 0. The number of halogens is 3. The highest BCUT2D eigenvalue weighted by Crippen LogP contribution is 2.29. The zero-order valence-corrected chi connectivity index (χ0v) is 17.5. The summed E-state index contributed by atoms with van der Waals surface area (Å²) in [5, 5.41) is 6.54. The maximum Gasteiger partial charge on any atom is 0.416 e. The van der Waals surface area contributed by atoms with Gasteiger partial charge in [0.2, 0.25) is 0 Å². The van der Waals surface area contributed by atoms with Crippen LogP contribution in [0.1, 0.15) is 40.0 Å². The fraction of sp³-hybridized carbons (Fsp3) is 0.381. The maximum absolute atomic E-state index is 12.8. The van der Waals surface area contributed by atoms with E-state index in [4.69, 9.17) is 12.2 Å². The number of likely N-dealkylation sites (tertiary alicyclic amines) is 1. The molecule has 2 aromatic rings. The zero-order valence-electron chi connectivity index (χ0n) is 16.7. The van der Waals surface area contributed by atoms with Gasteiger partial charge >= 0.3 is 6.18 Å². The van der Waals surface area contributed by atoms with Crippen molar-refractivity contribution in [1.82, 2.24) is 15.2 Å². The molecule has 9 heteroatoms. The van der Waals surface area contributed by atoms with E-state index >= 15 is 0 Å². The molecule has 1 aromatic heterocycles. The van der Waals surface area contributed by atoms with Crippen LogP contribution in [-0.2, 0) is 6.18 Å². The molecule has 0 bridgehead atoms. The first-order valence-electron chi connectivity index (χ1n) is 9.61. The van der Waals surface area contributed by atoms with E-state index in [0.717, 1.165) is 23.4 Å². The molecule has 1 fully saturated rings. The van der Waals surface area contributed by atoms with Crippen LogP contribution in [0.4, 0.5) is 19.0 Å². The second kappa shape index (κ2) is 8.99. The zero-order chi connectivity index (χ0) is 21.9. The van der Waals surface area contributed by atoms with Gasteiger partial charge in [-0.05, 0) is 74.8 Å². The van der Waals surface area contributed by atoms with Crippen molar-refractivity contribution in [2.24, 2.45) is 0 Å². The monoisotopic (exact) mass is 436 g/mol. The van der Waals surface area contributed by atoms with Gasteiger partial charge in [0.1, 0.15) is 5.82 Å². The Balaban J connectivity index is 1.53. The predicted molar refractivity (Wildman–Crippen MR) is 113 cm³/mol. The fourth-order valence-electron chi connectivity index (χ4n) is 3.43. The van der Waals surface area contributed by atoms with E-state index in [0.29, 0.717) is 36.9 Å². The molecule has 3 rings (SSSR count). The molecule has 2 N–H and O–H groups in total. The number of anilines is 1. The SMILES string of the molecule is Cc1cc(C)nc(NC(=S)N2CCC(NC(=O)c3cccc(C(F)(F)F)c3)CC2)c1. The minimum absolute atomic E-state index is 0.00494. The van der Waals surface area contributed by atoms with E-state index in [1.165, 1.54) is 12.1 Å². The lowest BCUT2D eigenvalue weighted by atomic mass is 10.0. The summed E-state index contributed by atoms with van der Waals surface area (Å²) >= 11 is 5.48. The molecule has 0 radical (unpaired) electrons. The van der Waals surface area contributed by atoms with Gasteiger partial charge in [-0.1, -0.05) is 6.07 Å². The third-order valence-electron chi connectivity index (χ3n) is 4.90. The number of aryl methyl sites for hydroxylation is 2. The number of nitrogens with zero attached hydrogens (tertiary/aromatic N) is 2. The van der Waals surface area contributed by atoms with Crippen LogP contribution in [0.25, 0.3) is 0 Å². The summed E-state index contributed by atoms with van der Waals surface area (Å²) in [4.78, 5) is 18.8. The number of benzene rings is 1. The number of aromatic nitrogens is 1. The van der Waals surface area contributed by atoms with E-state index < -0.39 is 17.6 Å². The Morgan fingerprint density at radius 2 is 1.87 bits per heavy atom. The largest absolute Gasteiger partial charge is 0.416 e. The van der Waals surface area contributed by atoms with Crippen LogP contribution in [-0.4, -0.2) is 40.0 Å². The number of pyridine rings is 1. The Kier molecular flexibility index (Phi) is 6.60. The van der Waals surface area contributed by atoms with Crippen LogP contribution in [0.5, 0.6) is 0 Å². The van der Waals surface area contributed by atoms with Crippen molar-refractivity contribution in [3.05, 3.63) is 58.8 Å². The Morgan fingerprint density at radius 3 is 2.50 bits per heavy atom. The summed E-state index contributed by atoms with van der Waals surface area (Å²) in [5.74, 6) is 0.192. The molecule has 0 aliphatic carbocycles. The molecular weight excluding hydrogens is 413 g/mol. The van der Waals surface area contributed by atoms with Crippen molar-refractivity contribution in [3.8, 4) is 0 Å². The van der Waals surface area contributed by atoms with E-state index in [2.05, 4.69) is 15.6 Å². The van der Waals surface area contributed by atoms with Gasteiger partial charge in [0.15, 0.2) is 5.11 Å². The lowest BCUT2D eigenvalue weighted by Gasteiger charge is -2.34. The first kappa shape index (κ1) is 22.0. The summed E-state index contributed by atoms with van der Waals surface area (Å²) in [6.45, 7) is 5.16. The molecule has 0 saturated carbocycles. The number of carbonyl (C=O) groups excluding carboxylic acids is 1. The van der Waals surface area contributed by atoms with Crippen molar-refractivity contribution < 1.29 is 18.0 Å². The molecule has 5 nitrogen and oxygen atoms in total. The minimum atomic E-state index is -4.48. The van der Waals surface area contributed by atoms with Gasteiger partial charge in [-0.15, -0.1) is 0 Å². The molecule has 2 heterocycles. The number of carbonyl (C=O) groups is 1. The van der Waals surface area contributed by atoms with Gasteiger partial charge in [-0.3, -0.25) is 4.79 Å². The third kappa shape index (κ3) is 5.69. The highest BCUT2D eigenvalue weighted by molar-refractivity contribution is 7.80. The third-order valence-corrected chi connectivity index (χ3v) is 5.26. The second-order valence-electron chi connectivity index (χ2n) is 7.41. The van der Waals surface area contributed by atoms with Crippen LogP contribution in [0.2, 0.25) is 0 Å². The van der Waals surface area contributed by atoms with E-state index in [9.17, 15) is 18.0 Å². The Bertz CT molecular complexity index is 920. The van der Waals surface area contributed by atoms with Gasteiger partial charge in [0.25, 0.3) is 5.91 Å². The van der Waals surface area contributed by atoms with Gasteiger partial charge in [0.05, 0.1) is 5.56 Å². The molecule has 1 aliphatic rings. The van der Waals surface area contributed by atoms with Gasteiger partial charge < -0.3 is 15.5 Å². The Hall–Kier alpha value is -2.68. The van der Waals surface area contributed by atoms with E-state index in [1.54, 1.807) is 0 Å². The molecule has 1 amide bonds. The average molecular weight is 437 g/mol. The van der Waals surface area contributed by atoms with Crippen LogP contribution >= 0.6 is 12.2 Å². The molecule has 1 saturated heterocycles. The number of hydrogen-bond donors (Lipinski definition) is 2. The molecule has 0 spiro atoms. The molecule has 1 aliphatic heterocycles. The van der Waals surface area contributed by atoms with Gasteiger partial charge in [-0.2, -0.15) is 13.2 Å². The van der Waals surface area contributed by atoms with Gasteiger partial charge in [-0.25, -0.2) is 4.98 Å². The van der Waals surface area contributed by atoms with Crippen molar-refractivity contribution in [2.45, 2.75) is 38.9 Å². The second-order valence-corrected chi connectivity index (χ2v) is 7.80. The number of amides is 1.